The number of aliphatic hydroxyl groups excluding tert-OH is 1. The maximum absolute atomic E-state index is 12.8. The van der Waals surface area contributed by atoms with Gasteiger partial charge in [0.05, 0.1) is 6.04 Å². The van der Waals surface area contributed by atoms with Crippen molar-refractivity contribution in [2.24, 2.45) is 5.92 Å². The normalized spacial score (nSPS) is 16.5. The smallest absolute Gasteiger partial charge is 0.251 e. The Morgan fingerprint density at radius 2 is 1.73 bits per heavy atom. The zero-order valence-electron chi connectivity index (χ0n) is 17.6. The number of aliphatic hydroxyl groups is 1. The molecule has 4 heteroatoms. The van der Waals surface area contributed by atoms with Gasteiger partial charge in [0, 0.05) is 18.7 Å². The van der Waals surface area contributed by atoms with E-state index in [9.17, 15) is 9.90 Å². The van der Waals surface area contributed by atoms with Crippen molar-refractivity contribution in [2.45, 2.75) is 32.4 Å². The van der Waals surface area contributed by atoms with Gasteiger partial charge in [-0.15, -0.1) is 0 Å². The number of nitrogens with one attached hydrogen (secondary N) is 1. The van der Waals surface area contributed by atoms with Crippen LogP contribution in [0.5, 0.6) is 0 Å². The molecule has 1 heterocycles. The van der Waals surface area contributed by atoms with Crippen molar-refractivity contribution < 1.29 is 9.90 Å². The number of benzene rings is 3. The lowest BCUT2D eigenvalue weighted by atomic mass is 9.97. The minimum atomic E-state index is -0.0731. The molecule has 0 radical (unpaired) electrons. The molecule has 1 fully saturated rings. The van der Waals surface area contributed by atoms with Crippen LogP contribution in [0.4, 0.5) is 0 Å². The lowest BCUT2D eigenvalue weighted by Crippen LogP contribution is -2.34. The highest BCUT2D eigenvalue weighted by Gasteiger charge is 2.19. The predicted molar refractivity (Wildman–Crippen MR) is 121 cm³/mol. The molecule has 4 rings (SSSR count). The number of amides is 1. The zero-order valence-corrected chi connectivity index (χ0v) is 17.6. The fourth-order valence-corrected chi connectivity index (χ4v) is 4.33. The number of hydrogen-bond acceptors (Lipinski definition) is 3. The third-order valence-electron chi connectivity index (χ3n) is 6.23. The van der Waals surface area contributed by atoms with Crippen LogP contribution in [0.1, 0.15) is 47.3 Å². The molecule has 30 heavy (non-hydrogen) atoms. The molecule has 4 nitrogen and oxygen atoms in total. The topological polar surface area (TPSA) is 52.6 Å². The largest absolute Gasteiger partial charge is 0.396 e. The number of rotatable bonds is 6. The van der Waals surface area contributed by atoms with Crippen LogP contribution in [0.25, 0.3) is 10.8 Å². The molecule has 156 valence electrons. The van der Waals surface area contributed by atoms with Crippen molar-refractivity contribution in [3.63, 3.8) is 0 Å². The molecule has 3 aromatic rings. The average molecular weight is 403 g/mol. The van der Waals surface area contributed by atoms with Crippen molar-refractivity contribution in [1.29, 1.82) is 0 Å². The van der Waals surface area contributed by atoms with Gasteiger partial charge in [-0.05, 0) is 72.8 Å². The molecule has 0 saturated carbocycles. The van der Waals surface area contributed by atoms with Crippen LogP contribution < -0.4 is 5.32 Å². The van der Waals surface area contributed by atoms with Gasteiger partial charge < -0.3 is 10.4 Å². The summed E-state index contributed by atoms with van der Waals surface area (Å²) in [6.45, 7) is 5.28. The summed E-state index contributed by atoms with van der Waals surface area (Å²) in [4.78, 5) is 15.2. The number of carbonyl (C=O) groups excluding carboxylic acids is 1. The first-order chi connectivity index (χ1) is 14.6. The Morgan fingerprint density at radius 3 is 2.47 bits per heavy atom. The van der Waals surface area contributed by atoms with E-state index in [1.807, 2.05) is 37.3 Å². The second kappa shape index (κ2) is 9.41. The second-order valence-electron chi connectivity index (χ2n) is 8.36. The van der Waals surface area contributed by atoms with Crippen LogP contribution in [0.3, 0.4) is 0 Å². The fourth-order valence-electron chi connectivity index (χ4n) is 4.33. The molecular weight excluding hydrogens is 372 g/mol. The molecule has 0 aliphatic carbocycles. The quantitative estimate of drug-likeness (QED) is 0.637. The fraction of sp³-hybridized carbons (Fsp3) is 0.346. The van der Waals surface area contributed by atoms with Gasteiger partial charge in [0.1, 0.15) is 0 Å². The molecule has 0 bridgehead atoms. The Bertz CT molecular complexity index is 986. The second-order valence-corrected chi connectivity index (χ2v) is 8.36. The standard InChI is InChI=1S/C26H30N2O2/c1-19(24-8-4-6-22-5-2-3-7-25(22)24)27-26(30)23-11-9-20(10-12-23)17-28-15-13-21(18-29)14-16-28/h2-12,19,21,29H,13-18H2,1H3,(H,27,30). The highest BCUT2D eigenvalue weighted by atomic mass is 16.3. The zero-order chi connectivity index (χ0) is 20.9. The van der Waals surface area contributed by atoms with E-state index >= 15 is 0 Å². The maximum atomic E-state index is 12.8. The Morgan fingerprint density at radius 1 is 1.03 bits per heavy atom. The molecule has 3 aromatic carbocycles. The first-order valence-corrected chi connectivity index (χ1v) is 10.8. The van der Waals surface area contributed by atoms with E-state index in [4.69, 9.17) is 0 Å². The van der Waals surface area contributed by atoms with Gasteiger partial charge in [-0.3, -0.25) is 9.69 Å². The Hall–Kier alpha value is -2.69. The van der Waals surface area contributed by atoms with E-state index in [0.29, 0.717) is 18.1 Å². The molecular formula is C26H30N2O2. The third kappa shape index (κ3) is 4.72. The Balaban J connectivity index is 1.38. The monoisotopic (exact) mass is 402 g/mol. The molecule has 1 aliphatic heterocycles. The SMILES string of the molecule is CC(NC(=O)c1ccc(CN2CCC(CO)CC2)cc1)c1cccc2ccccc12. The number of nitrogens with zero attached hydrogens (tertiary/aromatic N) is 1. The Labute approximate surface area is 178 Å². The van der Waals surface area contributed by atoms with Crippen LogP contribution in [-0.4, -0.2) is 35.6 Å². The summed E-state index contributed by atoms with van der Waals surface area (Å²) in [5.74, 6) is 0.404. The van der Waals surface area contributed by atoms with Crippen LogP contribution in [-0.2, 0) is 6.54 Å². The van der Waals surface area contributed by atoms with Gasteiger partial charge in [-0.1, -0.05) is 54.6 Å². The number of likely N-dealkylation sites (tertiary alicyclic amines) is 1. The van der Waals surface area contributed by atoms with Crippen molar-refractivity contribution in [3.05, 3.63) is 83.4 Å². The van der Waals surface area contributed by atoms with Crippen LogP contribution in [0.15, 0.2) is 66.7 Å². The summed E-state index contributed by atoms with van der Waals surface area (Å²) in [5.41, 5.74) is 3.03. The number of piperidine rings is 1. The van der Waals surface area contributed by atoms with E-state index < -0.39 is 0 Å². The average Bonchev–Trinajstić information content (AvgIpc) is 2.79. The van der Waals surface area contributed by atoms with Crippen molar-refractivity contribution in [3.8, 4) is 0 Å². The molecule has 2 N–H and O–H groups in total. The summed E-state index contributed by atoms with van der Waals surface area (Å²) in [6.07, 6.45) is 2.12. The van der Waals surface area contributed by atoms with E-state index in [0.717, 1.165) is 38.0 Å². The van der Waals surface area contributed by atoms with E-state index in [1.54, 1.807) is 0 Å². The molecule has 0 spiro atoms. The highest BCUT2D eigenvalue weighted by Crippen LogP contribution is 2.24. The van der Waals surface area contributed by atoms with Crippen molar-refractivity contribution >= 4 is 16.7 Å². The summed E-state index contributed by atoms with van der Waals surface area (Å²) in [6, 6.07) is 22.3. The van der Waals surface area contributed by atoms with Crippen molar-refractivity contribution in [1.82, 2.24) is 10.2 Å². The predicted octanol–water partition coefficient (Wildman–Crippen LogP) is 4.54. The van der Waals surface area contributed by atoms with Gasteiger partial charge in [-0.2, -0.15) is 0 Å². The number of carbonyl (C=O) groups is 1. The van der Waals surface area contributed by atoms with Gasteiger partial charge >= 0.3 is 0 Å². The summed E-state index contributed by atoms with van der Waals surface area (Å²) in [5, 5.41) is 14.8. The highest BCUT2D eigenvalue weighted by molar-refractivity contribution is 5.95. The number of hydrogen-bond donors (Lipinski definition) is 2. The number of fused-ring (bicyclic) bond motifs is 1. The van der Waals surface area contributed by atoms with E-state index in [1.165, 1.54) is 16.3 Å². The summed E-state index contributed by atoms with van der Waals surface area (Å²) >= 11 is 0. The first-order valence-electron chi connectivity index (χ1n) is 10.8. The van der Waals surface area contributed by atoms with Gasteiger partial charge in [0.15, 0.2) is 0 Å². The van der Waals surface area contributed by atoms with Crippen LogP contribution in [0, 0.1) is 5.92 Å². The molecule has 1 saturated heterocycles. The summed E-state index contributed by atoms with van der Waals surface area (Å²) < 4.78 is 0. The molecule has 1 unspecified atom stereocenters. The van der Waals surface area contributed by atoms with Crippen LogP contribution in [0.2, 0.25) is 0 Å². The first kappa shape index (κ1) is 20.6. The summed E-state index contributed by atoms with van der Waals surface area (Å²) in [7, 11) is 0. The van der Waals surface area contributed by atoms with E-state index in [-0.39, 0.29) is 11.9 Å². The third-order valence-corrected chi connectivity index (χ3v) is 6.23. The molecule has 1 aliphatic rings. The van der Waals surface area contributed by atoms with Gasteiger partial charge in [0.25, 0.3) is 5.91 Å². The Kier molecular flexibility index (Phi) is 6.46. The molecule has 0 aromatic heterocycles. The van der Waals surface area contributed by atoms with Crippen LogP contribution >= 0.6 is 0 Å². The molecule has 1 amide bonds. The maximum Gasteiger partial charge on any atom is 0.251 e. The van der Waals surface area contributed by atoms with Crippen molar-refractivity contribution in [2.75, 3.05) is 19.7 Å². The van der Waals surface area contributed by atoms with E-state index in [2.05, 4.69) is 46.6 Å². The minimum absolute atomic E-state index is 0.0502. The van der Waals surface area contributed by atoms with Gasteiger partial charge in [-0.25, -0.2) is 0 Å². The minimum Gasteiger partial charge on any atom is -0.396 e. The lowest BCUT2D eigenvalue weighted by molar-refractivity contribution is 0.0940. The lowest BCUT2D eigenvalue weighted by Gasteiger charge is -2.31. The van der Waals surface area contributed by atoms with Gasteiger partial charge in [0.2, 0.25) is 0 Å². The molecule has 1 atom stereocenters.